The van der Waals surface area contributed by atoms with E-state index in [9.17, 15) is 14.4 Å². The lowest BCUT2D eigenvalue weighted by Gasteiger charge is -2.06. The maximum Gasteiger partial charge on any atom is 0.346 e. The highest BCUT2D eigenvalue weighted by atomic mass is 16.5. The van der Waals surface area contributed by atoms with Crippen molar-refractivity contribution in [3.05, 3.63) is 11.8 Å². The van der Waals surface area contributed by atoms with Crippen molar-refractivity contribution in [3.63, 3.8) is 0 Å². The van der Waals surface area contributed by atoms with E-state index in [1.54, 1.807) is 20.8 Å². The third-order valence-corrected chi connectivity index (χ3v) is 1.68. The Morgan fingerprint density at radius 3 is 2.24 bits per heavy atom. The number of imide groups is 1. The maximum absolute atomic E-state index is 11.6. The lowest BCUT2D eigenvalue weighted by molar-refractivity contribution is -0.140. The Kier molecular flexibility index (Phi) is 7.41. The van der Waals surface area contributed by atoms with Crippen LogP contribution >= 0.6 is 0 Å². The molecular weight excluding hydrogens is 226 g/mol. The highest BCUT2D eigenvalue weighted by Crippen LogP contribution is 2.00. The summed E-state index contributed by atoms with van der Waals surface area (Å²) in [5.74, 6) is -2.10. The van der Waals surface area contributed by atoms with Gasteiger partial charge in [-0.1, -0.05) is 6.92 Å². The van der Waals surface area contributed by atoms with E-state index in [2.05, 4.69) is 10.1 Å². The second-order valence-electron chi connectivity index (χ2n) is 2.94. The molecule has 17 heavy (non-hydrogen) atoms. The first-order valence-corrected chi connectivity index (χ1v) is 5.39. The van der Waals surface area contributed by atoms with Gasteiger partial charge in [0, 0.05) is 6.42 Å². The van der Waals surface area contributed by atoms with Crippen LogP contribution in [0.2, 0.25) is 0 Å². The molecule has 0 spiro atoms. The minimum atomic E-state index is -0.817. The quantitative estimate of drug-likeness (QED) is 0.242. The van der Waals surface area contributed by atoms with Crippen LogP contribution in [0.5, 0.6) is 0 Å². The van der Waals surface area contributed by atoms with Crippen LogP contribution in [0.3, 0.4) is 0 Å². The average Bonchev–Trinajstić information content (AvgIpc) is 2.29. The SMILES string of the molecule is CCOC=C(C(=O)NC(=O)CC)C(=O)OCC. The Hall–Kier alpha value is -1.85. The Balaban J connectivity index is 4.74. The third kappa shape index (κ3) is 5.70. The van der Waals surface area contributed by atoms with Crippen LogP contribution in [0.25, 0.3) is 0 Å². The van der Waals surface area contributed by atoms with Gasteiger partial charge in [0.25, 0.3) is 5.91 Å². The van der Waals surface area contributed by atoms with Gasteiger partial charge in [0.15, 0.2) is 5.57 Å². The Bertz CT molecular complexity index is 322. The average molecular weight is 243 g/mol. The standard InChI is InChI=1S/C11H17NO5/c1-4-9(13)12-10(14)8(7-16-5-2)11(15)17-6-3/h7H,4-6H2,1-3H3,(H,12,13,14). The van der Waals surface area contributed by atoms with Crippen LogP contribution in [0.15, 0.2) is 11.8 Å². The smallest absolute Gasteiger partial charge is 0.346 e. The van der Waals surface area contributed by atoms with E-state index in [1.807, 2.05) is 0 Å². The third-order valence-electron chi connectivity index (χ3n) is 1.68. The van der Waals surface area contributed by atoms with E-state index in [0.29, 0.717) is 6.61 Å². The number of hydrogen-bond acceptors (Lipinski definition) is 5. The summed E-state index contributed by atoms with van der Waals surface area (Å²) in [5.41, 5.74) is -0.324. The fourth-order valence-corrected chi connectivity index (χ4v) is 0.852. The Labute approximate surface area is 100.0 Å². The molecule has 0 saturated heterocycles. The normalized spacial score (nSPS) is 10.6. The molecule has 0 fully saturated rings. The van der Waals surface area contributed by atoms with Gasteiger partial charge in [-0.05, 0) is 13.8 Å². The molecule has 96 valence electrons. The van der Waals surface area contributed by atoms with Crippen molar-refractivity contribution in [2.75, 3.05) is 13.2 Å². The van der Waals surface area contributed by atoms with Crippen molar-refractivity contribution < 1.29 is 23.9 Å². The van der Waals surface area contributed by atoms with Gasteiger partial charge < -0.3 is 9.47 Å². The highest BCUT2D eigenvalue weighted by molar-refractivity contribution is 6.19. The predicted octanol–water partition coefficient (Wildman–Crippen LogP) is 0.523. The Morgan fingerprint density at radius 2 is 1.76 bits per heavy atom. The van der Waals surface area contributed by atoms with Crippen LogP contribution in [0.4, 0.5) is 0 Å². The number of amides is 2. The van der Waals surface area contributed by atoms with Gasteiger partial charge in [0.2, 0.25) is 5.91 Å². The van der Waals surface area contributed by atoms with E-state index in [4.69, 9.17) is 4.74 Å². The van der Waals surface area contributed by atoms with Crippen LogP contribution in [-0.2, 0) is 23.9 Å². The van der Waals surface area contributed by atoms with Gasteiger partial charge in [0.1, 0.15) is 6.26 Å². The first kappa shape index (κ1) is 15.2. The number of esters is 1. The summed E-state index contributed by atoms with van der Waals surface area (Å²) in [7, 11) is 0. The second kappa shape index (κ2) is 8.32. The highest BCUT2D eigenvalue weighted by Gasteiger charge is 2.21. The zero-order valence-corrected chi connectivity index (χ0v) is 10.2. The van der Waals surface area contributed by atoms with Crippen LogP contribution < -0.4 is 5.32 Å². The number of nitrogens with one attached hydrogen (secondary N) is 1. The van der Waals surface area contributed by atoms with Crippen LogP contribution in [0, 0.1) is 0 Å². The zero-order chi connectivity index (χ0) is 13.3. The topological polar surface area (TPSA) is 81.7 Å². The van der Waals surface area contributed by atoms with E-state index in [-0.39, 0.29) is 18.6 Å². The first-order valence-electron chi connectivity index (χ1n) is 5.39. The largest absolute Gasteiger partial charge is 0.500 e. The molecule has 2 amide bonds. The molecule has 0 radical (unpaired) electrons. The summed E-state index contributed by atoms with van der Waals surface area (Å²) in [6, 6.07) is 0. The molecule has 0 heterocycles. The fraction of sp³-hybridized carbons (Fsp3) is 0.545. The summed E-state index contributed by atoms with van der Waals surface area (Å²) >= 11 is 0. The van der Waals surface area contributed by atoms with Gasteiger partial charge >= 0.3 is 5.97 Å². The molecule has 0 aliphatic heterocycles. The van der Waals surface area contributed by atoms with Crippen molar-refractivity contribution >= 4 is 17.8 Å². The molecule has 0 unspecified atom stereocenters. The molecule has 0 aliphatic carbocycles. The Morgan fingerprint density at radius 1 is 1.12 bits per heavy atom. The van der Waals surface area contributed by atoms with Crippen molar-refractivity contribution in [2.45, 2.75) is 27.2 Å². The molecule has 0 atom stereocenters. The molecule has 0 aromatic carbocycles. The number of carbonyl (C=O) groups excluding carboxylic acids is 3. The predicted molar refractivity (Wildman–Crippen MR) is 59.8 cm³/mol. The number of rotatable bonds is 6. The molecule has 6 heteroatoms. The minimum absolute atomic E-state index is 0.136. The summed E-state index contributed by atoms with van der Waals surface area (Å²) in [6.07, 6.45) is 1.15. The second-order valence-corrected chi connectivity index (χ2v) is 2.94. The number of carbonyl (C=O) groups is 3. The number of ether oxygens (including phenoxy) is 2. The minimum Gasteiger partial charge on any atom is -0.500 e. The van der Waals surface area contributed by atoms with E-state index in [0.717, 1.165) is 6.26 Å². The molecule has 0 rings (SSSR count). The summed E-state index contributed by atoms with van der Waals surface area (Å²) < 4.78 is 9.54. The van der Waals surface area contributed by atoms with E-state index >= 15 is 0 Å². The molecule has 0 aliphatic rings. The van der Waals surface area contributed by atoms with Crippen LogP contribution in [-0.4, -0.2) is 31.0 Å². The van der Waals surface area contributed by atoms with Gasteiger partial charge in [0.05, 0.1) is 13.2 Å². The molecular formula is C11H17NO5. The van der Waals surface area contributed by atoms with Gasteiger partial charge in [-0.2, -0.15) is 0 Å². The van der Waals surface area contributed by atoms with E-state index < -0.39 is 17.8 Å². The van der Waals surface area contributed by atoms with Gasteiger partial charge in [-0.15, -0.1) is 0 Å². The zero-order valence-electron chi connectivity index (χ0n) is 10.2. The monoisotopic (exact) mass is 243 g/mol. The van der Waals surface area contributed by atoms with Gasteiger partial charge in [-0.3, -0.25) is 14.9 Å². The van der Waals surface area contributed by atoms with Crippen molar-refractivity contribution in [1.82, 2.24) is 5.32 Å². The van der Waals surface area contributed by atoms with Crippen molar-refractivity contribution in [3.8, 4) is 0 Å². The molecule has 0 aromatic heterocycles. The van der Waals surface area contributed by atoms with E-state index in [1.165, 1.54) is 0 Å². The van der Waals surface area contributed by atoms with Gasteiger partial charge in [-0.25, -0.2) is 4.79 Å². The molecule has 0 aromatic rings. The van der Waals surface area contributed by atoms with Crippen molar-refractivity contribution in [1.29, 1.82) is 0 Å². The lowest BCUT2D eigenvalue weighted by Crippen LogP contribution is -2.34. The maximum atomic E-state index is 11.6. The molecule has 0 saturated carbocycles. The summed E-state index contributed by atoms with van der Waals surface area (Å²) in [5, 5.41) is 2.05. The summed E-state index contributed by atoms with van der Waals surface area (Å²) in [4.78, 5) is 34.0. The van der Waals surface area contributed by atoms with Crippen LogP contribution in [0.1, 0.15) is 27.2 Å². The van der Waals surface area contributed by atoms with Crippen molar-refractivity contribution in [2.24, 2.45) is 0 Å². The molecule has 1 N–H and O–H groups in total. The lowest BCUT2D eigenvalue weighted by atomic mass is 10.2. The molecule has 6 nitrogen and oxygen atoms in total. The first-order chi connectivity index (χ1) is 8.06. The summed E-state index contributed by atoms with van der Waals surface area (Å²) in [6.45, 7) is 5.35. The number of hydrogen-bond donors (Lipinski definition) is 1. The fourth-order valence-electron chi connectivity index (χ4n) is 0.852. The molecule has 0 bridgehead atoms.